The SMILES string of the molecule is CC(C)C1=CCCSS1. The molecular weight excluding hydrogens is 148 g/mol. The van der Waals surface area contributed by atoms with Crippen LogP contribution < -0.4 is 0 Å². The summed E-state index contributed by atoms with van der Waals surface area (Å²) in [6, 6.07) is 0. The lowest BCUT2D eigenvalue weighted by Gasteiger charge is -2.13. The number of hydrogen-bond acceptors (Lipinski definition) is 2. The van der Waals surface area contributed by atoms with Gasteiger partial charge in [-0.25, -0.2) is 0 Å². The van der Waals surface area contributed by atoms with Crippen molar-refractivity contribution in [3.63, 3.8) is 0 Å². The van der Waals surface area contributed by atoms with Crippen LogP contribution in [0.5, 0.6) is 0 Å². The summed E-state index contributed by atoms with van der Waals surface area (Å²) in [6.07, 6.45) is 3.64. The third-order valence-corrected chi connectivity index (χ3v) is 4.05. The maximum Gasteiger partial charge on any atom is 0.00752 e. The fourth-order valence-electron chi connectivity index (χ4n) is 0.725. The van der Waals surface area contributed by atoms with Gasteiger partial charge in [-0.2, -0.15) is 0 Å². The minimum Gasteiger partial charge on any atom is -0.0890 e. The first-order chi connectivity index (χ1) is 4.30. The third kappa shape index (κ3) is 2.26. The van der Waals surface area contributed by atoms with E-state index in [-0.39, 0.29) is 0 Å². The lowest BCUT2D eigenvalue weighted by molar-refractivity contribution is 0.811. The molecule has 2 heteroatoms. The van der Waals surface area contributed by atoms with Gasteiger partial charge in [-0.05, 0) is 17.2 Å². The quantitative estimate of drug-likeness (QED) is 0.540. The second-order valence-corrected chi connectivity index (χ2v) is 4.94. The molecule has 0 spiro atoms. The molecule has 9 heavy (non-hydrogen) atoms. The van der Waals surface area contributed by atoms with Gasteiger partial charge in [0.15, 0.2) is 0 Å². The van der Waals surface area contributed by atoms with Gasteiger partial charge in [0, 0.05) is 5.75 Å². The zero-order chi connectivity index (χ0) is 6.69. The van der Waals surface area contributed by atoms with Crippen molar-refractivity contribution in [3.05, 3.63) is 11.0 Å². The van der Waals surface area contributed by atoms with E-state index in [4.69, 9.17) is 0 Å². The highest BCUT2D eigenvalue weighted by Gasteiger charge is 2.07. The predicted octanol–water partition coefficient (Wildman–Crippen LogP) is 3.31. The first kappa shape index (κ1) is 7.55. The van der Waals surface area contributed by atoms with Gasteiger partial charge < -0.3 is 0 Å². The fourth-order valence-corrected chi connectivity index (χ4v) is 3.27. The van der Waals surface area contributed by atoms with E-state index >= 15 is 0 Å². The van der Waals surface area contributed by atoms with Crippen molar-refractivity contribution in [1.82, 2.24) is 0 Å². The Morgan fingerprint density at radius 3 is 2.67 bits per heavy atom. The second-order valence-electron chi connectivity index (χ2n) is 2.46. The average molecular weight is 160 g/mol. The third-order valence-electron chi connectivity index (χ3n) is 1.27. The molecule has 0 aromatic rings. The molecular formula is C7H12S2. The van der Waals surface area contributed by atoms with Crippen molar-refractivity contribution in [2.45, 2.75) is 20.3 Å². The molecule has 1 heterocycles. The monoisotopic (exact) mass is 160 g/mol. The van der Waals surface area contributed by atoms with Crippen molar-refractivity contribution in [2.75, 3.05) is 5.75 Å². The first-order valence-electron chi connectivity index (χ1n) is 3.30. The van der Waals surface area contributed by atoms with Crippen LogP contribution in [0.15, 0.2) is 11.0 Å². The lowest BCUT2D eigenvalue weighted by atomic mass is 10.2. The molecule has 0 saturated heterocycles. The molecule has 0 aliphatic carbocycles. The van der Waals surface area contributed by atoms with Crippen molar-refractivity contribution >= 4 is 21.6 Å². The van der Waals surface area contributed by atoms with Crippen LogP contribution in [-0.4, -0.2) is 5.75 Å². The van der Waals surface area contributed by atoms with Crippen LogP contribution in [0, 0.1) is 5.92 Å². The molecule has 52 valence electrons. The van der Waals surface area contributed by atoms with Crippen molar-refractivity contribution < 1.29 is 0 Å². The van der Waals surface area contributed by atoms with Crippen molar-refractivity contribution in [3.8, 4) is 0 Å². The van der Waals surface area contributed by atoms with E-state index in [0.29, 0.717) is 0 Å². The van der Waals surface area contributed by atoms with Gasteiger partial charge >= 0.3 is 0 Å². The molecule has 0 aromatic heterocycles. The van der Waals surface area contributed by atoms with Crippen LogP contribution in [0.25, 0.3) is 0 Å². The number of allylic oxidation sites excluding steroid dienone is 2. The van der Waals surface area contributed by atoms with Gasteiger partial charge in [0.25, 0.3) is 0 Å². The Hall–Kier alpha value is 0.440. The summed E-state index contributed by atoms with van der Waals surface area (Å²) in [5, 5.41) is 0. The normalized spacial score (nSPS) is 20.1. The molecule has 1 rings (SSSR count). The second kappa shape index (κ2) is 3.57. The van der Waals surface area contributed by atoms with Gasteiger partial charge in [-0.1, -0.05) is 41.5 Å². The summed E-state index contributed by atoms with van der Waals surface area (Å²) >= 11 is 0. The molecule has 0 amide bonds. The van der Waals surface area contributed by atoms with Crippen LogP contribution in [0.1, 0.15) is 20.3 Å². The zero-order valence-corrected chi connectivity index (χ0v) is 7.52. The van der Waals surface area contributed by atoms with Gasteiger partial charge in [0.05, 0.1) is 0 Å². The van der Waals surface area contributed by atoms with Crippen LogP contribution in [0.3, 0.4) is 0 Å². The van der Waals surface area contributed by atoms with Crippen LogP contribution in [0.4, 0.5) is 0 Å². The summed E-state index contributed by atoms with van der Waals surface area (Å²) in [6.45, 7) is 4.51. The topological polar surface area (TPSA) is 0 Å². The zero-order valence-electron chi connectivity index (χ0n) is 5.89. The standard InChI is InChI=1S/C7H12S2/c1-6(2)7-4-3-5-8-9-7/h4,6H,3,5H2,1-2H3. The Labute approximate surface area is 64.9 Å². The van der Waals surface area contributed by atoms with Crippen LogP contribution in [0.2, 0.25) is 0 Å². The summed E-state index contributed by atoms with van der Waals surface area (Å²) < 4.78 is 0. The molecule has 1 aliphatic rings. The Bertz CT molecular complexity index is 116. The van der Waals surface area contributed by atoms with Gasteiger partial charge in [0.1, 0.15) is 0 Å². The van der Waals surface area contributed by atoms with E-state index in [0.717, 1.165) is 5.92 Å². The highest BCUT2D eigenvalue weighted by atomic mass is 33.1. The van der Waals surface area contributed by atoms with E-state index in [1.807, 2.05) is 21.6 Å². The van der Waals surface area contributed by atoms with Gasteiger partial charge in [-0.3, -0.25) is 0 Å². The van der Waals surface area contributed by atoms with E-state index in [2.05, 4.69) is 19.9 Å². The Morgan fingerprint density at radius 2 is 2.33 bits per heavy atom. The Morgan fingerprint density at radius 1 is 1.56 bits per heavy atom. The van der Waals surface area contributed by atoms with E-state index in [1.54, 1.807) is 4.91 Å². The molecule has 0 atom stereocenters. The molecule has 0 nitrogen and oxygen atoms in total. The highest BCUT2D eigenvalue weighted by molar-refractivity contribution is 8.78. The average Bonchev–Trinajstić information content (AvgIpc) is 1.90. The first-order valence-corrected chi connectivity index (χ1v) is 5.62. The minimum atomic E-state index is 0.739. The molecule has 0 bridgehead atoms. The molecule has 0 fully saturated rings. The minimum absolute atomic E-state index is 0.739. The molecule has 0 aromatic carbocycles. The Balaban J connectivity index is 2.46. The van der Waals surface area contributed by atoms with Crippen molar-refractivity contribution in [2.24, 2.45) is 5.92 Å². The van der Waals surface area contributed by atoms with Crippen LogP contribution >= 0.6 is 21.6 Å². The fraction of sp³-hybridized carbons (Fsp3) is 0.714. The van der Waals surface area contributed by atoms with Crippen molar-refractivity contribution in [1.29, 1.82) is 0 Å². The summed E-state index contributed by atoms with van der Waals surface area (Å²) in [5.41, 5.74) is 0. The lowest BCUT2D eigenvalue weighted by Crippen LogP contribution is -1.92. The van der Waals surface area contributed by atoms with Gasteiger partial charge in [0.2, 0.25) is 0 Å². The smallest absolute Gasteiger partial charge is 0.00752 e. The molecule has 0 N–H and O–H groups in total. The summed E-state index contributed by atoms with van der Waals surface area (Å²) in [4.78, 5) is 1.56. The van der Waals surface area contributed by atoms with E-state index in [1.165, 1.54) is 12.2 Å². The van der Waals surface area contributed by atoms with Crippen LogP contribution in [-0.2, 0) is 0 Å². The van der Waals surface area contributed by atoms with Gasteiger partial charge in [-0.15, -0.1) is 0 Å². The largest absolute Gasteiger partial charge is 0.0890 e. The number of rotatable bonds is 1. The van der Waals surface area contributed by atoms with E-state index in [9.17, 15) is 0 Å². The maximum absolute atomic E-state index is 2.37. The number of hydrogen-bond donors (Lipinski definition) is 0. The Kier molecular flexibility index (Phi) is 2.99. The highest BCUT2D eigenvalue weighted by Crippen LogP contribution is 2.38. The van der Waals surface area contributed by atoms with E-state index < -0.39 is 0 Å². The maximum atomic E-state index is 2.37. The molecule has 0 saturated carbocycles. The predicted molar refractivity (Wildman–Crippen MR) is 47.6 cm³/mol. The summed E-state index contributed by atoms with van der Waals surface area (Å²) in [7, 11) is 3.93. The summed E-state index contributed by atoms with van der Waals surface area (Å²) in [5.74, 6) is 2.03. The molecule has 1 aliphatic heterocycles. The molecule has 0 unspecified atom stereocenters. The molecule has 0 radical (unpaired) electrons.